The lowest BCUT2D eigenvalue weighted by molar-refractivity contribution is -0.277. The van der Waals surface area contributed by atoms with Crippen LogP contribution in [0.4, 0.5) is 0 Å². The van der Waals surface area contributed by atoms with Crippen LogP contribution in [0.25, 0.3) is 21.8 Å². The van der Waals surface area contributed by atoms with Crippen molar-refractivity contribution in [3.05, 3.63) is 36.2 Å². The number of hydrogen-bond acceptors (Lipinski definition) is 8. The van der Waals surface area contributed by atoms with E-state index in [9.17, 15) is 25.2 Å². The van der Waals surface area contributed by atoms with E-state index in [0.717, 1.165) is 22.0 Å². The van der Waals surface area contributed by atoms with Crippen LogP contribution < -0.4 is 4.74 Å². The maximum Gasteiger partial charge on any atom is 0.232 e. The van der Waals surface area contributed by atoms with Crippen LogP contribution >= 0.6 is 0 Å². The summed E-state index contributed by atoms with van der Waals surface area (Å²) in [5.74, 6) is 0.282. The lowest BCUT2D eigenvalue weighted by Gasteiger charge is -2.39. The number of carbonyl (C=O) groups is 1. The first-order valence-electron chi connectivity index (χ1n) is 9.42. The van der Waals surface area contributed by atoms with Crippen LogP contribution in [0.3, 0.4) is 0 Å². The molecule has 2 aliphatic rings. The molecule has 0 bridgehead atoms. The van der Waals surface area contributed by atoms with Crippen molar-refractivity contribution in [3.63, 3.8) is 0 Å². The van der Waals surface area contributed by atoms with Crippen molar-refractivity contribution in [1.82, 2.24) is 9.55 Å². The van der Waals surface area contributed by atoms with Gasteiger partial charge < -0.3 is 29.9 Å². The van der Waals surface area contributed by atoms with Crippen molar-refractivity contribution >= 4 is 27.7 Å². The molecule has 2 aliphatic heterocycles. The van der Waals surface area contributed by atoms with E-state index in [0.29, 0.717) is 24.1 Å². The molecular weight excluding hydrogens is 380 g/mol. The minimum atomic E-state index is -1.53. The summed E-state index contributed by atoms with van der Waals surface area (Å²) in [4.78, 5) is 17.0. The Bertz CT molecular complexity index is 1110. The van der Waals surface area contributed by atoms with Crippen LogP contribution in [0.5, 0.6) is 5.75 Å². The number of hydrogen-bond donors (Lipinski definition) is 4. The molecule has 1 fully saturated rings. The molecule has 3 aromatic rings. The molecular formula is C20H20N2O7. The summed E-state index contributed by atoms with van der Waals surface area (Å²) < 4.78 is 12.7. The van der Waals surface area contributed by atoms with Crippen molar-refractivity contribution in [2.45, 2.75) is 43.5 Å². The molecule has 2 aromatic heterocycles. The topological polar surface area (TPSA) is 134 Å². The van der Waals surface area contributed by atoms with Gasteiger partial charge in [0.25, 0.3) is 0 Å². The highest BCUT2D eigenvalue weighted by Gasteiger charge is 2.44. The Kier molecular flexibility index (Phi) is 4.30. The zero-order chi connectivity index (χ0) is 20.3. The number of aliphatic hydroxyl groups excluding tert-OH is 4. The van der Waals surface area contributed by atoms with Crippen LogP contribution in [-0.4, -0.2) is 73.2 Å². The molecule has 152 valence electrons. The monoisotopic (exact) mass is 400 g/mol. The van der Waals surface area contributed by atoms with Gasteiger partial charge in [0, 0.05) is 35.9 Å². The SMILES string of the molecule is O=C1CCc2nccc3c4ccc(OC5OC(CO)C(O)C(O)C5O)cc4n1c23. The zero-order valence-corrected chi connectivity index (χ0v) is 15.3. The molecule has 4 heterocycles. The zero-order valence-electron chi connectivity index (χ0n) is 15.3. The average molecular weight is 400 g/mol. The fourth-order valence-corrected chi connectivity index (χ4v) is 4.16. The number of nitrogens with zero attached hydrogens (tertiary/aromatic N) is 2. The van der Waals surface area contributed by atoms with Crippen LogP contribution in [0.2, 0.25) is 0 Å². The molecule has 0 saturated carbocycles. The van der Waals surface area contributed by atoms with Crippen LogP contribution in [0.1, 0.15) is 16.9 Å². The summed E-state index contributed by atoms with van der Waals surface area (Å²) in [5, 5.41) is 41.2. The summed E-state index contributed by atoms with van der Waals surface area (Å²) >= 11 is 0. The first-order chi connectivity index (χ1) is 14.0. The molecule has 0 spiro atoms. The van der Waals surface area contributed by atoms with Crippen molar-refractivity contribution in [2.75, 3.05) is 6.61 Å². The van der Waals surface area contributed by atoms with Crippen molar-refractivity contribution < 1.29 is 34.7 Å². The molecule has 0 radical (unpaired) electrons. The Balaban J connectivity index is 1.56. The second-order valence-electron chi connectivity index (χ2n) is 7.38. The predicted octanol–water partition coefficient (Wildman–Crippen LogP) is -0.0454. The quantitative estimate of drug-likeness (QED) is 0.481. The van der Waals surface area contributed by atoms with Gasteiger partial charge in [-0.25, -0.2) is 0 Å². The minimum Gasteiger partial charge on any atom is -0.462 e. The molecule has 0 aliphatic carbocycles. The Morgan fingerprint density at radius 2 is 1.93 bits per heavy atom. The van der Waals surface area contributed by atoms with E-state index in [1.54, 1.807) is 22.9 Å². The van der Waals surface area contributed by atoms with Crippen LogP contribution in [0.15, 0.2) is 30.5 Å². The maximum absolute atomic E-state index is 12.6. The maximum atomic E-state index is 12.6. The molecule has 4 N–H and O–H groups in total. The van der Waals surface area contributed by atoms with Gasteiger partial charge in [0.15, 0.2) is 0 Å². The van der Waals surface area contributed by atoms with Gasteiger partial charge in [0.05, 0.1) is 23.3 Å². The largest absolute Gasteiger partial charge is 0.462 e. The molecule has 9 nitrogen and oxygen atoms in total. The Labute approximate surface area is 164 Å². The number of fused-ring (bicyclic) bond motifs is 3. The molecule has 1 aromatic carbocycles. The van der Waals surface area contributed by atoms with E-state index in [1.165, 1.54) is 0 Å². The number of aryl methyl sites for hydroxylation is 1. The Hall–Kier alpha value is -2.56. The lowest BCUT2D eigenvalue weighted by atomic mass is 9.99. The second-order valence-corrected chi connectivity index (χ2v) is 7.38. The van der Waals surface area contributed by atoms with Gasteiger partial charge in [-0.05, 0) is 18.2 Å². The fourth-order valence-electron chi connectivity index (χ4n) is 4.16. The first-order valence-corrected chi connectivity index (χ1v) is 9.42. The Morgan fingerprint density at radius 3 is 2.72 bits per heavy atom. The molecule has 5 atom stereocenters. The highest BCUT2D eigenvalue weighted by atomic mass is 16.7. The van der Waals surface area contributed by atoms with E-state index >= 15 is 0 Å². The van der Waals surface area contributed by atoms with Gasteiger partial charge in [0.1, 0.15) is 30.2 Å². The Morgan fingerprint density at radius 1 is 1.10 bits per heavy atom. The van der Waals surface area contributed by atoms with Crippen molar-refractivity contribution in [1.29, 1.82) is 0 Å². The van der Waals surface area contributed by atoms with E-state index in [1.807, 2.05) is 12.1 Å². The summed E-state index contributed by atoms with van der Waals surface area (Å²) in [7, 11) is 0. The van der Waals surface area contributed by atoms with Gasteiger partial charge in [-0.1, -0.05) is 0 Å². The first kappa shape index (κ1) is 18.5. The lowest BCUT2D eigenvalue weighted by Crippen LogP contribution is -2.60. The summed E-state index contributed by atoms with van der Waals surface area (Å²) in [6.07, 6.45) is -4.15. The summed E-state index contributed by atoms with van der Waals surface area (Å²) in [5.41, 5.74) is 2.32. The van der Waals surface area contributed by atoms with E-state index in [-0.39, 0.29) is 5.91 Å². The third-order valence-corrected chi connectivity index (χ3v) is 5.65. The molecule has 9 heteroatoms. The number of aliphatic hydroxyl groups is 4. The van der Waals surface area contributed by atoms with Crippen molar-refractivity contribution in [3.8, 4) is 5.75 Å². The number of aromatic nitrogens is 2. The normalized spacial score (nSPS) is 29.5. The van der Waals surface area contributed by atoms with E-state index in [2.05, 4.69) is 4.98 Å². The number of ether oxygens (including phenoxy) is 2. The van der Waals surface area contributed by atoms with E-state index < -0.39 is 37.3 Å². The average Bonchev–Trinajstić information content (AvgIpc) is 3.07. The third kappa shape index (κ3) is 2.74. The molecule has 5 unspecified atom stereocenters. The standard InChI is InChI=1S/C20H20N2O7/c23-8-14-17(25)18(26)19(27)20(29-14)28-9-1-2-10-11-5-6-21-12-3-4-15(24)22(16(11)12)13(10)7-9/h1-2,5-7,14,17-20,23,25-27H,3-4,8H2. The number of pyridine rings is 1. The van der Waals surface area contributed by atoms with Crippen molar-refractivity contribution in [2.24, 2.45) is 0 Å². The van der Waals surface area contributed by atoms with Gasteiger partial charge in [-0.15, -0.1) is 0 Å². The molecule has 1 saturated heterocycles. The number of benzene rings is 1. The summed E-state index contributed by atoms with van der Waals surface area (Å²) in [6.45, 7) is -0.539. The number of rotatable bonds is 3. The van der Waals surface area contributed by atoms with Crippen LogP contribution in [0, 0.1) is 0 Å². The predicted molar refractivity (Wildman–Crippen MR) is 101 cm³/mol. The van der Waals surface area contributed by atoms with Gasteiger partial charge >= 0.3 is 0 Å². The van der Waals surface area contributed by atoms with Gasteiger partial charge in [-0.3, -0.25) is 14.3 Å². The molecule has 0 amide bonds. The summed E-state index contributed by atoms with van der Waals surface area (Å²) in [6, 6.07) is 7.03. The van der Waals surface area contributed by atoms with Gasteiger partial charge in [-0.2, -0.15) is 0 Å². The third-order valence-electron chi connectivity index (χ3n) is 5.65. The van der Waals surface area contributed by atoms with E-state index in [4.69, 9.17) is 9.47 Å². The fraction of sp³-hybridized carbons (Fsp3) is 0.400. The highest BCUT2D eigenvalue weighted by Crippen LogP contribution is 2.36. The van der Waals surface area contributed by atoms with Crippen LogP contribution in [-0.2, 0) is 11.2 Å². The second kappa shape index (κ2) is 6.75. The minimum absolute atomic E-state index is 0.0320. The number of carbonyl (C=O) groups excluding carboxylic acids is 1. The smallest absolute Gasteiger partial charge is 0.232 e. The highest BCUT2D eigenvalue weighted by molar-refractivity contribution is 6.15. The van der Waals surface area contributed by atoms with Gasteiger partial charge in [0.2, 0.25) is 12.2 Å². The molecule has 5 rings (SSSR count). The molecule has 29 heavy (non-hydrogen) atoms.